The number of hydrogen-bond acceptors (Lipinski definition) is 3. The number of aliphatic hydroxyl groups excluding tert-OH is 1. The van der Waals surface area contributed by atoms with E-state index in [0.717, 1.165) is 81.9 Å². The van der Waals surface area contributed by atoms with E-state index >= 15 is 0 Å². The van der Waals surface area contributed by atoms with Gasteiger partial charge in [0.1, 0.15) is 18.1 Å². The third-order valence-electron chi connectivity index (χ3n) is 8.30. The number of ketones is 1. The molecule has 1 N–H and O–H groups in total. The molecule has 0 saturated heterocycles. The van der Waals surface area contributed by atoms with Gasteiger partial charge in [-0.05, 0) is 56.4 Å². The molecule has 0 amide bonds. The van der Waals surface area contributed by atoms with E-state index in [9.17, 15) is 9.90 Å². The van der Waals surface area contributed by atoms with E-state index in [-0.39, 0.29) is 11.5 Å². The quantitative estimate of drug-likeness (QED) is 0.241. The zero-order valence-electron chi connectivity index (χ0n) is 24.6. The van der Waals surface area contributed by atoms with Crippen LogP contribution in [-0.4, -0.2) is 39.4 Å². The van der Waals surface area contributed by atoms with Gasteiger partial charge in [0.05, 0.1) is 29.4 Å². The highest BCUT2D eigenvalue weighted by Crippen LogP contribution is 2.48. The molecule has 0 unspecified atom stereocenters. The number of aromatic nitrogens is 1. The van der Waals surface area contributed by atoms with Crippen molar-refractivity contribution in [1.29, 1.82) is 0 Å². The number of allylic oxidation sites excluding steroid dienone is 3. The molecule has 2 aromatic carbocycles. The molecule has 0 atom stereocenters. The summed E-state index contributed by atoms with van der Waals surface area (Å²) in [7, 11) is 1.65. The minimum atomic E-state index is -0.0890. The first-order chi connectivity index (χ1) is 18.5. The Balaban J connectivity index is 1.71. The minimum Gasteiger partial charge on any atom is -0.506 e. The Morgan fingerprint density at radius 2 is 1.64 bits per heavy atom. The third kappa shape index (κ3) is 4.42. The largest absolute Gasteiger partial charge is 0.506 e. The number of hydrogen-bond donors (Lipinski definition) is 1. The molecule has 1 aliphatic heterocycles. The van der Waals surface area contributed by atoms with E-state index in [2.05, 4.69) is 81.9 Å². The number of benzene rings is 2. The van der Waals surface area contributed by atoms with Crippen LogP contribution in [0.2, 0.25) is 0 Å². The highest BCUT2D eigenvalue weighted by atomic mass is 16.5. The van der Waals surface area contributed by atoms with Crippen LogP contribution in [0.25, 0.3) is 22.0 Å². The Bertz CT molecular complexity index is 1590. The number of methoxy groups -OCH3 is 1. The van der Waals surface area contributed by atoms with Crippen LogP contribution in [0.5, 0.6) is 5.75 Å². The van der Waals surface area contributed by atoms with Crippen molar-refractivity contribution in [3.8, 4) is 5.75 Å². The highest BCUT2D eigenvalue weighted by molar-refractivity contribution is 6.47. The lowest BCUT2D eigenvalue weighted by molar-refractivity contribution is -0.439. The van der Waals surface area contributed by atoms with E-state index in [1.165, 1.54) is 0 Å². The van der Waals surface area contributed by atoms with Gasteiger partial charge in [0.15, 0.2) is 5.71 Å². The fraction of sp³-hybridized carbons (Fsp3) is 0.412. The third-order valence-corrected chi connectivity index (χ3v) is 8.30. The SMILES string of the molecule is COc1ccc2c(c1)c(C1=C(O)/C(=C3/C(C)=[N+](CCC(C)C)c4ccc(C)cc43)C1=O)c(C)n2CCC(C)C. The molecule has 0 bridgehead atoms. The molecule has 5 heteroatoms. The highest BCUT2D eigenvalue weighted by Gasteiger charge is 2.45. The van der Waals surface area contributed by atoms with Gasteiger partial charge >= 0.3 is 0 Å². The maximum Gasteiger partial charge on any atom is 0.213 e. The van der Waals surface area contributed by atoms with Crippen LogP contribution in [0.3, 0.4) is 0 Å². The summed E-state index contributed by atoms with van der Waals surface area (Å²) in [5, 5.41) is 12.6. The first kappa shape index (κ1) is 27.0. The first-order valence-electron chi connectivity index (χ1n) is 14.2. The molecule has 0 saturated carbocycles. The normalized spacial score (nSPS) is 17.2. The summed E-state index contributed by atoms with van der Waals surface area (Å²) >= 11 is 0. The molecule has 1 aliphatic carbocycles. The van der Waals surface area contributed by atoms with E-state index in [4.69, 9.17) is 4.74 Å². The van der Waals surface area contributed by atoms with Crippen molar-refractivity contribution in [2.45, 2.75) is 67.9 Å². The van der Waals surface area contributed by atoms with Crippen molar-refractivity contribution in [2.24, 2.45) is 11.8 Å². The van der Waals surface area contributed by atoms with Gasteiger partial charge in [0.25, 0.3) is 0 Å². The lowest BCUT2D eigenvalue weighted by Crippen LogP contribution is -2.25. The number of ether oxygens (including phenoxy) is 1. The van der Waals surface area contributed by atoms with Crippen molar-refractivity contribution in [2.75, 3.05) is 13.7 Å². The van der Waals surface area contributed by atoms with Gasteiger partial charge in [0, 0.05) is 48.1 Å². The molecular weight excluding hydrogens is 484 g/mol. The van der Waals surface area contributed by atoms with Crippen LogP contribution in [0.4, 0.5) is 5.69 Å². The van der Waals surface area contributed by atoms with Crippen molar-refractivity contribution in [3.05, 3.63) is 70.1 Å². The van der Waals surface area contributed by atoms with Gasteiger partial charge < -0.3 is 14.4 Å². The Labute approximate surface area is 232 Å². The van der Waals surface area contributed by atoms with Gasteiger partial charge in [-0.2, -0.15) is 4.58 Å². The number of rotatable bonds is 8. The molecule has 0 fully saturated rings. The molecule has 2 aliphatic rings. The lowest BCUT2D eigenvalue weighted by atomic mass is 9.78. The summed E-state index contributed by atoms with van der Waals surface area (Å²) in [6.07, 6.45) is 2.08. The summed E-state index contributed by atoms with van der Waals surface area (Å²) in [6, 6.07) is 12.4. The molecule has 0 radical (unpaired) electrons. The van der Waals surface area contributed by atoms with E-state index in [1.54, 1.807) is 7.11 Å². The number of carbonyl (C=O) groups is 1. The Morgan fingerprint density at radius 1 is 0.923 bits per heavy atom. The Morgan fingerprint density at radius 3 is 2.28 bits per heavy atom. The number of aryl methyl sites for hydroxylation is 2. The van der Waals surface area contributed by atoms with Crippen LogP contribution in [-0.2, 0) is 11.3 Å². The van der Waals surface area contributed by atoms with Gasteiger partial charge in [-0.3, -0.25) is 4.79 Å². The number of carbonyl (C=O) groups excluding carboxylic acids is 1. The van der Waals surface area contributed by atoms with Crippen molar-refractivity contribution >= 4 is 39.2 Å². The second-order valence-corrected chi connectivity index (χ2v) is 11.9. The Kier molecular flexibility index (Phi) is 7.04. The first-order valence-corrected chi connectivity index (χ1v) is 14.2. The molecule has 5 rings (SSSR count). The van der Waals surface area contributed by atoms with Gasteiger partial charge in [-0.25, -0.2) is 0 Å². The van der Waals surface area contributed by atoms with Crippen molar-refractivity contribution < 1.29 is 19.2 Å². The maximum atomic E-state index is 14.1. The van der Waals surface area contributed by atoms with Gasteiger partial charge in [0.2, 0.25) is 11.5 Å². The molecule has 3 aromatic rings. The Hall–Kier alpha value is -3.60. The number of Topliss-reactive ketones (excluding diaryl/α,β-unsaturated/α-hetero) is 1. The standard InChI is InChI=1S/C34H40N2O3/c1-19(2)13-15-35-22(6)29(25-17-21(5)9-11-27(25)35)31-33(37)32(34(31)38)30-23(7)36(16-14-20(3)4)28-12-10-24(39-8)18-26(28)30/h9-12,17-20H,13-16H2,1-8H3/p+1. The molecule has 5 nitrogen and oxygen atoms in total. The molecule has 1 aromatic heterocycles. The summed E-state index contributed by atoms with van der Waals surface area (Å²) in [5.74, 6) is 1.87. The maximum absolute atomic E-state index is 14.1. The second-order valence-electron chi connectivity index (χ2n) is 11.9. The monoisotopic (exact) mass is 525 g/mol. The predicted molar refractivity (Wildman–Crippen MR) is 160 cm³/mol. The summed E-state index contributed by atoms with van der Waals surface area (Å²) in [4.78, 5) is 14.1. The summed E-state index contributed by atoms with van der Waals surface area (Å²) < 4.78 is 10.1. The molecule has 204 valence electrons. The topological polar surface area (TPSA) is 54.5 Å². The molecular formula is C34H41N2O3+. The van der Waals surface area contributed by atoms with E-state index in [0.29, 0.717) is 23.0 Å². The number of fused-ring (bicyclic) bond motifs is 2. The van der Waals surface area contributed by atoms with Crippen LogP contribution in [0.1, 0.15) is 69.8 Å². The van der Waals surface area contributed by atoms with Crippen LogP contribution in [0.15, 0.2) is 47.7 Å². The van der Waals surface area contributed by atoms with Crippen LogP contribution < -0.4 is 4.74 Å². The summed E-state index contributed by atoms with van der Waals surface area (Å²) in [6.45, 7) is 16.8. The summed E-state index contributed by atoms with van der Waals surface area (Å²) in [5.41, 5.74) is 8.90. The predicted octanol–water partition coefficient (Wildman–Crippen LogP) is 7.78. The zero-order valence-corrected chi connectivity index (χ0v) is 24.6. The smallest absolute Gasteiger partial charge is 0.213 e. The minimum absolute atomic E-state index is 0.0890. The van der Waals surface area contributed by atoms with Gasteiger partial charge in [-0.1, -0.05) is 39.3 Å². The zero-order chi connectivity index (χ0) is 28.2. The lowest BCUT2D eigenvalue weighted by Gasteiger charge is -2.23. The van der Waals surface area contributed by atoms with Gasteiger partial charge in [-0.15, -0.1) is 0 Å². The molecule has 39 heavy (non-hydrogen) atoms. The second kappa shape index (κ2) is 10.2. The fourth-order valence-corrected chi connectivity index (χ4v) is 6.03. The molecule has 0 spiro atoms. The fourth-order valence-electron chi connectivity index (χ4n) is 6.03. The number of aliphatic hydroxyl groups is 1. The van der Waals surface area contributed by atoms with Crippen LogP contribution >= 0.6 is 0 Å². The average molecular weight is 526 g/mol. The molecule has 2 heterocycles. The van der Waals surface area contributed by atoms with E-state index in [1.807, 2.05) is 12.1 Å². The average Bonchev–Trinajstić information content (AvgIpc) is 3.31. The van der Waals surface area contributed by atoms with E-state index < -0.39 is 0 Å². The van der Waals surface area contributed by atoms with Crippen LogP contribution in [0, 0.1) is 25.7 Å². The van der Waals surface area contributed by atoms with Crippen molar-refractivity contribution in [3.63, 3.8) is 0 Å². The number of nitrogens with zero attached hydrogens (tertiary/aromatic N) is 2. The van der Waals surface area contributed by atoms with Crippen molar-refractivity contribution in [1.82, 2.24) is 4.57 Å².